The molecule has 11 heteroatoms. The lowest BCUT2D eigenvalue weighted by molar-refractivity contribution is -0.188. The Balaban J connectivity index is 1.01. The van der Waals surface area contributed by atoms with Crippen molar-refractivity contribution in [3.05, 3.63) is 102 Å². The van der Waals surface area contributed by atoms with Gasteiger partial charge in [0.15, 0.2) is 12.1 Å². The van der Waals surface area contributed by atoms with Gasteiger partial charge in [-0.15, -0.1) is 0 Å². The van der Waals surface area contributed by atoms with E-state index in [1.54, 1.807) is 23.4 Å². The molecule has 0 N–H and O–H groups in total. The van der Waals surface area contributed by atoms with Crippen LogP contribution in [0.2, 0.25) is 0 Å². The van der Waals surface area contributed by atoms with Crippen LogP contribution >= 0.6 is 0 Å². The lowest BCUT2D eigenvalue weighted by Gasteiger charge is -2.26. The lowest BCUT2D eigenvalue weighted by atomic mass is 10.1. The van der Waals surface area contributed by atoms with Crippen LogP contribution < -0.4 is 0 Å². The van der Waals surface area contributed by atoms with Crippen molar-refractivity contribution in [3.8, 4) is 23.2 Å². The number of benzene rings is 1. The van der Waals surface area contributed by atoms with E-state index in [0.717, 1.165) is 59.8 Å². The topological polar surface area (TPSA) is 115 Å². The summed E-state index contributed by atoms with van der Waals surface area (Å²) in [6.45, 7) is 4.90. The summed E-state index contributed by atoms with van der Waals surface area (Å²) in [6.07, 6.45) is 11.4. The zero-order chi connectivity index (χ0) is 29.3. The molecule has 5 heterocycles. The number of hydrogen-bond donors (Lipinski definition) is 0. The highest BCUT2D eigenvalue weighted by Crippen LogP contribution is 2.25. The highest BCUT2D eigenvalue weighted by molar-refractivity contribution is 5.59. The van der Waals surface area contributed by atoms with Gasteiger partial charge in [0.2, 0.25) is 0 Å². The fraction of sp³-hybridized carbons (Fsp3) is 0.344. The van der Waals surface area contributed by atoms with E-state index < -0.39 is 0 Å². The molecule has 0 radical (unpaired) electrons. The molecular formula is C32H33N7O4. The fourth-order valence-corrected chi connectivity index (χ4v) is 4.75. The number of imidazole rings is 1. The highest BCUT2D eigenvalue weighted by atomic mass is 16.7. The van der Waals surface area contributed by atoms with Gasteiger partial charge < -0.3 is 23.3 Å². The molecule has 0 amide bonds. The Morgan fingerprint density at radius 1 is 1.05 bits per heavy atom. The molecule has 1 fully saturated rings. The second kappa shape index (κ2) is 14.0. The molecule has 220 valence electrons. The first-order chi connectivity index (χ1) is 21.2. The standard InChI is InChI=1S/C32H33N7O4/c1-24(42-31-4-2-3-16-41-31)32-34-13-14-38(32)20-29-18-30(43-37-29)27-10-7-25(8-11-27)5-6-26-9-12-28(35-19-26)21-40-17-15-39-23-33-22-36-39/h7-14,18-19,22-24,31H,2-4,15-17,20-21H2,1H3/t24-,31?/m0/s1. The highest BCUT2D eigenvalue weighted by Gasteiger charge is 2.21. The summed E-state index contributed by atoms with van der Waals surface area (Å²) in [6, 6.07) is 13.7. The molecule has 0 aliphatic carbocycles. The van der Waals surface area contributed by atoms with E-state index in [1.807, 2.05) is 60.2 Å². The summed E-state index contributed by atoms with van der Waals surface area (Å²) in [5, 5.41) is 8.34. The van der Waals surface area contributed by atoms with Gasteiger partial charge >= 0.3 is 0 Å². The van der Waals surface area contributed by atoms with E-state index in [1.165, 1.54) is 6.33 Å². The van der Waals surface area contributed by atoms with Gasteiger partial charge in [0.05, 0.1) is 32.0 Å². The Labute approximate surface area is 249 Å². The van der Waals surface area contributed by atoms with E-state index in [4.69, 9.17) is 18.7 Å². The van der Waals surface area contributed by atoms with Crippen molar-refractivity contribution in [2.45, 2.75) is 58.3 Å². The molecule has 11 nitrogen and oxygen atoms in total. The van der Waals surface area contributed by atoms with Crippen LogP contribution in [0.15, 0.2) is 78.2 Å². The van der Waals surface area contributed by atoms with Crippen LogP contribution in [0, 0.1) is 11.8 Å². The second-order valence-electron chi connectivity index (χ2n) is 10.2. The minimum absolute atomic E-state index is 0.176. The first kappa shape index (κ1) is 28.5. The third kappa shape index (κ3) is 7.81. The van der Waals surface area contributed by atoms with E-state index in [-0.39, 0.29) is 12.4 Å². The monoisotopic (exact) mass is 579 g/mol. The van der Waals surface area contributed by atoms with Gasteiger partial charge in [0, 0.05) is 48.0 Å². The summed E-state index contributed by atoms with van der Waals surface area (Å²) < 4.78 is 26.9. The Morgan fingerprint density at radius 3 is 2.72 bits per heavy atom. The normalized spacial score (nSPS) is 15.6. The SMILES string of the molecule is C[C@H](OC1CCCCO1)c1nccn1Cc1cc(-c2ccc(C#Cc3ccc(COCCn4cncn4)nc3)cc2)on1. The van der Waals surface area contributed by atoms with Gasteiger partial charge in [0.1, 0.15) is 30.3 Å². The molecule has 2 atom stereocenters. The lowest BCUT2D eigenvalue weighted by Crippen LogP contribution is -2.24. The number of pyridine rings is 1. The van der Waals surface area contributed by atoms with Crippen LogP contribution in [-0.2, 0) is 33.9 Å². The molecule has 0 bridgehead atoms. The van der Waals surface area contributed by atoms with Crippen molar-refractivity contribution < 1.29 is 18.7 Å². The Kier molecular flexibility index (Phi) is 9.29. The first-order valence-corrected chi connectivity index (χ1v) is 14.4. The number of nitrogens with zero attached hydrogens (tertiary/aromatic N) is 7. The maximum atomic E-state index is 6.11. The molecule has 4 aromatic heterocycles. The second-order valence-corrected chi connectivity index (χ2v) is 10.2. The van der Waals surface area contributed by atoms with E-state index >= 15 is 0 Å². The molecule has 1 saturated heterocycles. The average Bonchev–Trinajstić information content (AvgIpc) is 3.83. The molecule has 0 spiro atoms. The van der Waals surface area contributed by atoms with E-state index in [9.17, 15) is 0 Å². The van der Waals surface area contributed by atoms with Gasteiger partial charge in [-0.2, -0.15) is 5.10 Å². The summed E-state index contributed by atoms with van der Waals surface area (Å²) in [7, 11) is 0. The van der Waals surface area contributed by atoms with Gasteiger partial charge in [-0.25, -0.2) is 9.97 Å². The molecule has 0 saturated carbocycles. The van der Waals surface area contributed by atoms with E-state index in [2.05, 4.69) is 37.0 Å². The van der Waals surface area contributed by atoms with Crippen LogP contribution in [0.3, 0.4) is 0 Å². The molecular weight excluding hydrogens is 546 g/mol. The molecule has 5 aromatic rings. The fourth-order valence-electron chi connectivity index (χ4n) is 4.75. The van der Waals surface area contributed by atoms with Gasteiger partial charge in [0.25, 0.3) is 0 Å². The largest absolute Gasteiger partial charge is 0.373 e. The number of rotatable bonds is 11. The van der Waals surface area contributed by atoms with Crippen molar-refractivity contribution >= 4 is 0 Å². The smallest absolute Gasteiger partial charge is 0.167 e. The number of ether oxygens (including phenoxy) is 3. The predicted octanol–water partition coefficient (Wildman–Crippen LogP) is 4.79. The van der Waals surface area contributed by atoms with Gasteiger partial charge in [-0.05, 0) is 62.6 Å². The predicted molar refractivity (Wildman–Crippen MR) is 156 cm³/mol. The third-order valence-corrected chi connectivity index (χ3v) is 7.02. The quantitative estimate of drug-likeness (QED) is 0.161. The van der Waals surface area contributed by atoms with Crippen LogP contribution in [0.25, 0.3) is 11.3 Å². The number of aromatic nitrogens is 7. The van der Waals surface area contributed by atoms with Crippen LogP contribution in [0.5, 0.6) is 0 Å². The molecule has 1 unspecified atom stereocenters. The minimum Gasteiger partial charge on any atom is -0.373 e. The van der Waals surface area contributed by atoms with Gasteiger partial charge in [-0.1, -0.05) is 17.0 Å². The molecule has 1 aliphatic heterocycles. The molecule has 1 aliphatic rings. The van der Waals surface area contributed by atoms with E-state index in [0.29, 0.717) is 32.1 Å². The Hall–Kier alpha value is -4.63. The molecule has 1 aromatic carbocycles. The summed E-state index contributed by atoms with van der Waals surface area (Å²) in [5.41, 5.74) is 4.30. The Morgan fingerprint density at radius 2 is 1.93 bits per heavy atom. The van der Waals surface area contributed by atoms with Crippen molar-refractivity contribution in [1.82, 2.24) is 34.5 Å². The van der Waals surface area contributed by atoms with Crippen LogP contribution in [-0.4, -0.2) is 54.0 Å². The molecule has 6 rings (SSSR count). The number of hydrogen-bond acceptors (Lipinski definition) is 9. The maximum absolute atomic E-state index is 6.11. The zero-order valence-electron chi connectivity index (χ0n) is 24.0. The van der Waals surface area contributed by atoms with Crippen LogP contribution in [0.1, 0.15) is 60.6 Å². The van der Waals surface area contributed by atoms with Crippen molar-refractivity contribution in [2.24, 2.45) is 0 Å². The Bertz CT molecular complexity index is 1630. The minimum atomic E-state index is -0.192. The summed E-state index contributed by atoms with van der Waals surface area (Å²) in [4.78, 5) is 12.9. The average molecular weight is 580 g/mol. The van der Waals surface area contributed by atoms with Crippen molar-refractivity contribution in [1.29, 1.82) is 0 Å². The van der Waals surface area contributed by atoms with Crippen molar-refractivity contribution in [2.75, 3.05) is 13.2 Å². The van der Waals surface area contributed by atoms with Crippen molar-refractivity contribution in [3.63, 3.8) is 0 Å². The molecule has 43 heavy (non-hydrogen) atoms. The zero-order valence-corrected chi connectivity index (χ0v) is 24.0. The third-order valence-electron chi connectivity index (χ3n) is 7.02. The summed E-state index contributed by atoms with van der Waals surface area (Å²) in [5.74, 6) is 7.89. The van der Waals surface area contributed by atoms with Gasteiger partial charge in [-0.3, -0.25) is 9.67 Å². The van der Waals surface area contributed by atoms with Crippen LogP contribution in [0.4, 0.5) is 0 Å². The summed E-state index contributed by atoms with van der Waals surface area (Å²) >= 11 is 0. The first-order valence-electron chi connectivity index (χ1n) is 14.4. The maximum Gasteiger partial charge on any atom is 0.167 e.